The fraction of sp³-hybridized carbons (Fsp3) is 1.00. The lowest BCUT2D eigenvalue weighted by Gasteiger charge is -2.20. The monoisotopic (exact) mass is 236 g/mol. The molecule has 0 heterocycles. The number of rotatable bonds is 8. The summed E-state index contributed by atoms with van der Waals surface area (Å²) in [6, 6.07) is 0.195. The minimum absolute atomic E-state index is 0.0668. The third kappa shape index (κ3) is 4.06. The van der Waals surface area contributed by atoms with Crippen LogP contribution < -0.4 is 5.73 Å². The molecule has 15 heavy (non-hydrogen) atoms. The second-order valence-electron chi connectivity index (χ2n) is 3.64. The van der Waals surface area contributed by atoms with E-state index in [0.717, 1.165) is 12.8 Å². The van der Waals surface area contributed by atoms with Crippen LogP contribution >= 0.6 is 0 Å². The molecule has 0 bridgehead atoms. The Hall–Kier alpha value is -0.170. The first-order valence-corrected chi connectivity index (χ1v) is 7.00. The van der Waals surface area contributed by atoms with Crippen molar-refractivity contribution in [1.82, 2.24) is 4.31 Å². The van der Waals surface area contributed by atoms with E-state index in [1.54, 1.807) is 0 Å². The summed E-state index contributed by atoms with van der Waals surface area (Å²) in [4.78, 5) is 0. The molecule has 2 N–H and O–H groups in total. The molecule has 0 aliphatic heterocycles. The Balaban J connectivity index is 2.48. The fourth-order valence-corrected chi connectivity index (χ4v) is 3.08. The zero-order valence-electron chi connectivity index (χ0n) is 9.18. The van der Waals surface area contributed by atoms with E-state index >= 15 is 0 Å². The lowest BCUT2D eigenvalue weighted by molar-refractivity contribution is 0.162. The highest BCUT2D eigenvalue weighted by Crippen LogP contribution is 2.28. The first kappa shape index (κ1) is 12.9. The topological polar surface area (TPSA) is 72.6 Å². The van der Waals surface area contributed by atoms with E-state index in [0.29, 0.717) is 19.7 Å². The maximum atomic E-state index is 11.9. The average molecular weight is 236 g/mol. The Bertz CT molecular complexity index is 275. The SMILES string of the molecule is CCOCCS(=O)(=O)N(CCN)C1CC1. The smallest absolute Gasteiger partial charge is 0.216 e. The van der Waals surface area contributed by atoms with Gasteiger partial charge in [0.2, 0.25) is 10.0 Å². The van der Waals surface area contributed by atoms with Gasteiger partial charge in [-0.05, 0) is 19.8 Å². The Morgan fingerprint density at radius 2 is 2.13 bits per heavy atom. The van der Waals surface area contributed by atoms with Crippen LogP contribution in [0.15, 0.2) is 0 Å². The van der Waals surface area contributed by atoms with Crippen molar-refractivity contribution in [2.75, 3.05) is 32.1 Å². The van der Waals surface area contributed by atoms with Gasteiger partial charge >= 0.3 is 0 Å². The summed E-state index contributed by atoms with van der Waals surface area (Å²) in [5.41, 5.74) is 5.41. The molecule has 0 radical (unpaired) electrons. The van der Waals surface area contributed by atoms with Crippen molar-refractivity contribution in [3.05, 3.63) is 0 Å². The minimum Gasteiger partial charge on any atom is -0.381 e. The molecule has 5 nitrogen and oxygen atoms in total. The van der Waals surface area contributed by atoms with Gasteiger partial charge in [0.15, 0.2) is 0 Å². The Kier molecular flexibility index (Phi) is 4.98. The molecule has 0 unspecified atom stereocenters. The molecule has 1 saturated carbocycles. The van der Waals surface area contributed by atoms with Gasteiger partial charge in [0.05, 0.1) is 12.4 Å². The van der Waals surface area contributed by atoms with Crippen LogP contribution in [-0.4, -0.2) is 50.8 Å². The van der Waals surface area contributed by atoms with Crippen molar-refractivity contribution in [3.8, 4) is 0 Å². The zero-order valence-corrected chi connectivity index (χ0v) is 10.0. The van der Waals surface area contributed by atoms with Crippen molar-refractivity contribution in [2.45, 2.75) is 25.8 Å². The maximum Gasteiger partial charge on any atom is 0.216 e. The van der Waals surface area contributed by atoms with Crippen LogP contribution in [0.2, 0.25) is 0 Å². The molecule has 90 valence electrons. The van der Waals surface area contributed by atoms with Gasteiger partial charge in [0.1, 0.15) is 0 Å². The molecule has 0 aromatic heterocycles. The lowest BCUT2D eigenvalue weighted by Crippen LogP contribution is -2.39. The molecule has 0 aromatic carbocycles. The van der Waals surface area contributed by atoms with E-state index in [1.165, 1.54) is 4.31 Å². The van der Waals surface area contributed by atoms with Crippen LogP contribution in [0.5, 0.6) is 0 Å². The number of ether oxygens (including phenoxy) is 1. The second kappa shape index (κ2) is 5.79. The highest BCUT2D eigenvalue weighted by molar-refractivity contribution is 7.89. The van der Waals surface area contributed by atoms with Crippen LogP contribution in [0, 0.1) is 0 Å². The van der Waals surface area contributed by atoms with E-state index < -0.39 is 10.0 Å². The molecule has 0 spiro atoms. The predicted octanol–water partition coefficient (Wildman–Crippen LogP) is -0.224. The van der Waals surface area contributed by atoms with Gasteiger partial charge in [-0.3, -0.25) is 0 Å². The zero-order chi connectivity index (χ0) is 11.3. The highest BCUT2D eigenvalue weighted by Gasteiger charge is 2.36. The summed E-state index contributed by atoms with van der Waals surface area (Å²) >= 11 is 0. The van der Waals surface area contributed by atoms with Crippen LogP contribution in [0.25, 0.3) is 0 Å². The van der Waals surface area contributed by atoms with Crippen LogP contribution in [0.4, 0.5) is 0 Å². The number of hydrogen-bond donors (Lipinski definition) is 1. The summed E-state index contributed by atoms with van der Waals surface area (Å²) in [5, 5.41) is 0. The van der Waals surface area contributed by atoms with E-state index in [1.807, 2.05) is 6.92 Å². The molecule has 1 fully saturated rings. The Labute approximate surface area is 91.6 Å². The van der Waals surface area contributed by atoms with Gasteiger partial charge < -0.3 is 10.5 Å². The summed E-state index contributed by atoms with van der Waals surface area (Å²) < 4.78 is 30.3. The van der Waals surface area contributed by atoms with Crippen molar-refractivity contribution >= 4 is 10.0 Å². The van der Waals surface area contributed by atoms with E-state index in [4.69, 9.17) is 10.5 Å². The highest BCUT2D eigenvalue weighted by atomic mass is 32.2. The molecule has 0 saturated heterocycles. The van der Waals surface area contributed by atoms with E-state index in [9.17, 15) is 8.42 Å². The molecule has 0 amide bonds. The molecule has 1 rings (SSSR count). The predicted molar refractivity (Wildman–Crippen MR) is 59.1 cm³/mol. The molecular formula is C9H20N2O3S. The van der Waals surface area contributed by atoms with Crippen molar-refractivity contribution in [1.29, 1.82) is 0 Å². The maximum absolute atomic E-state index is 11.9. The number of sulfonamides is 1. The third-order valence-electron chi connectivity index (χ3n) is 2.35. The first-order valence-electron chi connectivity index (χ1n) is 5.39. The Morgan fingerprint density at radius 3 is 2.60 bits per heavy atom. The Morgan fingerprint density at radius 1 is 1.47 bits per heavy atom. The summed E-state index contributed by atoms with van der Waals surface area (Å²) in [6.45, 7) is 3.48. The molecule has 0 aromatic rings. The number of nitrogens with two attached hydrogens (primary N) is 1. The van der Waals surface area contributed by atoms with Crippen LogP contribution in [0.1, 0.15) is 19.8 Å². The van der Waals surface area contributed by atoms with Crippen molar-refractivity contribution in [3.63, 3.8) is 0 Å². The van der Waals surface area contributed by atoms with Gasteiger partial charge in [0.25, 0.3) is 0 Å². The standard InChI is InChI=1S/C9H20N2O3S/c1-2-14-7-8-15(12,13)11(6-5-10)9-3-4-9/h9H,2-8,10H2,1H3. The summed E-state index contributed by atoms with van der Waals surface area (Å²) in [6.07, 6.45) is 1.93. The number of nitrogens with zero attached hydrogens (tertiary/aromatic N) is 1. The van der Waals surface area contributed by atoms with Gasteiger partial charge in [-0.1, -0.05) is 0 Å². The average Bonchev–Trinajstić information content (AvgIpc) is 2.97. The van der Waals surface area contributed by atoms with Crippen LogP contribution in [-0.2, 0) is 14.8 Å². The molecule has 1 aliphatic rings. The quantitative estimate of drug-likeness (QED) is 0.591. The fourth-order valence-electron chi connectivity index (χ4n) is 1.46. The van der Waals surface area contributed by atoms with Crippen molar-refractivity contribution in [2.24, 2.45) is 5.73 Å². The largest absolute Gasteiger partial charge is 0.381 e. The van der Waals surface area contributed by atoms with Crippen LogP contribution in [0.3, 0.4) is 0 Å². The van der Waals surface area contributed by atoms with Crippen molar-refractivity contribution < 1.29 is 13.2 Å². The first-order chi connectivity index (χ1) is 7.11. The molecular weight excluding hydrogens is 216 g/mol. The van der Waals surface area contributed by atoms with Gasteiger partial charge in [0, 0.05) is 25.7 Å². The summed E-state index contributed by atoms with van der Waals surface area (Å²) in [5.74, 6) is 0.0668. The number of hydrogen-bond acceptors (Lipinski definition) is 4. The third-order valence-corrected chi connectivity index (χ3v) is 4.23. The molecule has 1 aliphatic carbocycles. The summed E-state index contributed by atoms with van der Waals surface area (Å²) in [7, 11) is -3.17. The second-order valence-corrected chi connectivity index (χ2v) is 5.68. The van der Waals surface area contributed by atoms with Gasteiger partial charge in [-0.25, -0.2) is 8.42 Å². The lowest BCUT2D eigenvalue weighted by atomic mass is 10.6. The van der Waals surface area contributed by atoms with Gasteiger partial charge in [-0.2, -0.15) is 4.31 Å². The molecule has 6 heteroatoms. The van der Waals surface area contributed by atoms with Gasteiger partial charge in [-0.15, -0.1) is 0 Å². The van der Waals surface area contributed by atoms with E-state index in [2.05, 4.69) is 0 Å². The normalized spacial score (nSPS) is 17.3. The van der Waals surface area contributed by atoms with E-state index in [-0.39, 0.29) is 18.4 Å². The molecule has 0 atom stereocenters. The minimum atomic E-state index is -3.17.